The van der Waals surface area contributed by atoms with Gasteiger partial charge in [-0.2, -0.15) is 0 Å². The number of benzene rings is 1. The minimum atomic E-state index is -0.102. The molecule has 1 aliphatic carbocycles. The van der Waals surface area contributed by atoms with E-state index in [0.717, 1.165) is 46.0 Å². The lowest BCUT2D eigenvalue weighted by Gasteiger charge is -2.15. The highest BCUT2D eigenvalue weighted by atomic mass is 32.1. The van der Waals surface area contributed by atoms with Crippen molar-refractivity contribution < 1.29 is 4.79 Å². The summed E-state index contributed by atoms with van der Waals surface area (Å²) >= 11 is 1.62. The van der Waals surface area contributed by atoms with E-state index in [-0.39, 0.29) is 5.91 Å². The van der Waals surface area contributed by atoms with Gasteiger partial charge < -0.3 is 10.6 Å². The summed E-state index contributed by atoms with van der Waals surface area (Å²) in [6, 6.07) is 7.46. The zero-order valence-electron chi connectivity index (χ0n) is 13.0. The SMILES string of the molecule is CC(=O)Nc1cccc(Nc2ncc3c(n2)-c2scnc2CC3)c1. The van der Waals surface area contributed by atoms with Crippen molar-refractivity contribution in [2.24, 2.45) is 0 Å². The van der Waals surface area contributed by atoms with Gasteiger partial charge in [0.2, 0.25) is 11.9 Å². The minimum absolute atomic E-state index is 0.102. The van der Waals surface area contributed by atoms with Gasteiger partial charge in [0.25, 0.3) is 0 Å². The first-order valence-corrected chi connectivity index (χ1v) is 8.50. The standard InChI is InChI=1S/C17H15N5OS/c1-10(23)20-12-3-2-4-13(7-12)21-17-18-8-11-5-6-14-16(15(11)22-17)24-9-19-14/h2-4,7-9H,5-6H2,1H3,(H,20,23)(H,18,21,22). The molecule has 24 heavy (non-hydrogen) atoms. The first kappa shape index (κ1) is 14.8. The van der Waals surface area contributed by atoms with E-state index in [2.05, 4.69) is 25.6 Å². The maximum absolute atomic E-state index is 11.2. The summed E-state index contributed by atoms with van der Waals surface area (Å²) in [5, 5.41) is 5.97. The number of amides is 1. The molecule has 0 atom stereocenters. The van der Waals surface area contributed by atoms with Crippen LogP contribution in [0.2, 0.25) is 0 Å². The molecule has 0 fully saturated rings. The van der Waals surface area contributed by atoms with Gasteiger partial charge in [-0.1, -0.05) is 6.07 Å². The van der Waals surface area contributed by atoms with E-state index in [9.17, 15) is 4.79 Å². The highest BCUT2D eigenvalue weighted by molar-refractivity contribution is 7.13. The monoisotopic (exact) mass is 337 g/mol. The maximum atomic E-state index is 11.2. The molecule has 1 aliphatic rings. The molecule has 1 aromatic carbocycles. The van der Waals surface area contributed by atoms with Crippen LogP contribution in [0.3, 0.4) is 0 Å². The van der Waals surface area contributed by atoms with E-state index in [1.807, 2.05) is 36.0 Å². The van der Waals surface area contributed by atoms with Crippen LogP contribution in [0.15, 0.2) is 36.0 Å². The first-order valence-electron chi connectivity index (χ1n) is 7.62. The Bertz CT molecular complexity index is 921. The molecule has 3 aromatic rings. The zero-order chi connectivity index (χ0) is 16.5. The molecule has 0 unspecified atom stereocenters. The Kier molecular flexibility index (Phi) is 3.70. The maximum Gasteiger partial charge on any atom is 0.227 e. The summed E-state index contributed by atoms with van der Waals surface area (Å²) in [6.07, 6.45) is 3.75. The van der Waals surface area contributed by atoms with Gasteiger partial charge in [-0.05, 0) is 36.6 Å². The normalized spacial score (nSPS) is 12.2. The molecule has 2 heterocycles. The number of thiazole rings is 1. The fourth-order valence-electron chi connectivity index (χ4n) is 2.75. The van der Waals surface area contributed by atoms with Crippen molar-refractivity contribution in [1.29, 1.82) is 0 Å². The molecular formula is C17H15N5OS. The Morgan fingerprint density at radius 2 is 2.08 bits per heavy atom. The second kappa shape index (κ2) is 6.01. The summed E-state index contributed by atoms with van der Waals surface area (Å²) in [7, 11) is 0. The third kappa shape index (κ3) is 2.85. The average Bonchev–Trinajstić information content (AvgIpc) is 3.03. The van der Waals surface area contributed by atoms with E-state index in [1.54, 1.807) is 11.3 Å². The van der Waals surface area contributed by atoms with Crippen molar-refractivity contribution in [3.63, 3.8) is 0 Å². The Balaban J connectivity index is 1.63. The Morgan fingerprint density at radius 1 is 1.21 bits per heavy atom. The van der Waals surface area contributed by atoms with Crippen molar-refractivity contribution >= 4 is 34.6 Å². The topological polar surface area (TPSA) is 79.8 Å². The Labute approximate surface area is 143 Å². The van der Waals surface area contributed by atoms with E-state index < -0.39 is 0 Å². The second-order valence-corrected chi connectivity index (χ2v) is 6.44. The lowest BCUT2D eigenvalue weighted by atomic mass is 10.00. The number of nitrogens with zero attached hydrogens (tertiary/aromatic N) is 3. The molecule has 7 heteroatoms. The quantitative estimate of drug-likeness (QED) is 0.766. The van der Waals surface area contributed by atoms with Crippen LogP contribution in [0.5, 0.6) is 0 Å². The average molecular weight is 337 g/mol. The Morgan fingerprint density at radius 3 is 2.96 bits per heavy atom. The third-order valence-electron chi connectivity index (χ3n) is 3.79. The van der Waals surface area contributed by atoms with E-state index >= 15 is 0 Å². The number of hydrogen-bond acceptors (Lipinski definition) is 6. The van der Waals surface area contributed by atoms with Crippen molar-refractivity contribution in [2.75, 3.05) is 10.6 Å². The highest BCUT2D eigenvalue weighted by Gasteiger charge is 2.20. The van der Waals surface area contributed by atoms with E-state index in [0.29, 0.717) is 5.95 Å². The number of carbonyl (C=O) groups excluding carboxylic acids is 1. The number of hydrogen-bond donors (Lipinski definition) is 2. The molecule has 0 saturated carbocycles. The lowest BCUT2D eigenvalue weighted by molar-refractivity contribution is -0.114. The summed E-state index contributed by atoms with van der Waals surface area (Å²) < 4.78 is 0. The van der Waals surface area contributed by atoms with Crippen LogP contribution in [0.4, 0.5) is 17.3 Å². The fraction of sp³-hybridized carbons (Fsp3) is 0.176. The van der Waals surface area contributed by atoms with Crippen LogP contribution in [-0.2, 0) is 17.6 Å². The van der Waals surface area contributed by atoms with E-state index in [1.165, 1.54) is 6.92 Å². The van der Waals surface area contributed by atoms with Crippen LogP contribution >= 0.6 is 11.3 Å². The van der Waals surface area contributed by atoms with Crippen LogP contribution in [-0.4, -0.2) is 20.9 Å². The number of fused-ring (bicyclic) bond motifs is 3. The van der Waals surface area contributed by atoms with Gasteiger partial charge in [0.1, 0.15) is 0 Å². The number of nitrogens with one attached hydrogen (secondary N) is 2. The van der Waals surface area contributed by atoms with Gasteiger partial charge in [0.15, 0.2) is 0 Å². The summed E-state index contributed by atoms with van der Waals surface area (Å²) in [5.41, 5.74) is 6.66. The molecule has 2 N–H and O–H groups in total. The smallest absolute Gasteiger partial charge is 0.227 e. The molecule has 6 nitrogen and oxygen atoms in total. The predicted octanol–water partition coefficient (Wildman–Crippen LogP) is 3.40. The molecule has 0 saturated heterocycles. The number of rotatable bonds is 3. The summed E-state index contributed by atoms with van der Waals surface area (Å²) in [5.74, 6) is 0.435. The van der Waals surface area contributed by atoms with E-state index in [4.69, 9.17) is 0 Å². The van der Waals surface area contributed by atoms with Crippen molar-refractivity contribution in [3.8, 4) is 10.6 Å². The molecule has 2 aromatic heterocycles. The van der Waals surface area contributed by atoms with Crippen LogP contribution < -0.4 is 10.6 Å². The number of aryl methyl sites for hydroxylation is 2. The van der Waals surface area contributed by atoms with Gasteiger partial charge in [-0.25, -0.2) is 15.0 Å². The van der Waals surface area contributed by atoms with Crippen LogP contribution in [0.1, 0.15) is 18.2 Å². The fourth-order valence-corrected chi connectivity index (χ4v) is 3.61. The molecule has 4 rings (SSSR count). The van der Waals surface area contributed by atoms with Crippen molar-refractivity contribution in [2.45, 2.75) is 19.8 Å². The van der Waals surface area contributed by atoms with Gasteiger partial charge in [0.05, 0.1) is 21.8 Å². The number of anilines is 3. The molecule has 0 bridgehead atoms. The molecule has 0 aliphatic heterocycles. The first-order chi connectivity index (χ1) is 11.7. The molecule has 1 amide bonds. The number of carbonyl (C=O) groups is 1. The third-order valence-corrected chi connectivity index (χ3v) is 4.67. The van der Waals surface area contributed by atoms with Crippen molar-refractivity contribution in [3.05, 3.63) is 47.2 Å². The highest BCUT2D eigenvalue weighted by Crippen LogP contribution is 2.34. The Hall–Kier alpha value is -2.80. The van der Waals surface area contributed by atoms with Gasteiger partial charge in [0, 0.05) is 24.5 Å². The molecular weight excluding hydrogens is 322 g/mol. The van der Waals surface area contributed by atoms with Crippen LogP contribution in [0, 0.1) is 0 Å². The zero-order valence-corrected chi connectivity index (χ0v) is 13.9. The lowest BCUT2D eigenvalue weighted by Crippen LogP contribution is -2.08. The largest absolute Gasteiger partial charge is 0.326 e. The number of aromatic nitrogens is 3. The predicted molar refractivity (Wildman–Crippen MR) is 94.6 cm³/mol. The molecule has 120 valence electrons. The molecule has 0 spiro atoms. The van der Waals surface area contributed by atoms with Gasteiger partial charge >= 0.3 is 0 Å². The summed E-state index contributed by atoms with van der Waals surface area (Å²) in [4.78, 5) is 25.8. The second-order valence-electron chi connectivity index (χ2n) is 5.58. The van der Waals surface area contributed by atoms with Crippen molar-refractivity contribution in [1.82, 2.24) is 15.0 Å². The summed E-state index contributed by atoms with van der Waals surface area (Å²) in [6.45, 7) is 1.49. The van der Waals surface area contributed by atoms with Crippen LogP contribution in [0.25, 0.3) is 10.6 Å². The van der Waals surface area contributed by atoms with Gasteiger partial charge in [-0.15, -0.1) is 11.3 Å². The minimum Gasteiger partial charge on any atom is -0.326 e. The molecule has 0 radical (unpaired) electrons. The van der Waals surface area contributed by atoms with Gasteiger partial charge in [-0.3, -0.25) is 4.79 Å².